The fraction of sp³-hybridized carbons (Fsp3) is 0.450. The predicted molar refractivity (Wildman–Crippen MR) is 105 cm³/mol. The Balaban J connectivity index is 1.55. The van der Waals surface area contributed by atoms with Crippen molar-refractivity contribution in [2.45, 2.75) is 44.7 Å². The van der Waals surface area contributed by atoms with Crippen molar-refractivity contribution < 1.29 is 18.0 Å². The van der Waals surface area contributed by atoms with Crippen molar-refractivity contribution in [1.82, 2.24) is 15.3 Å². The van der Waals surface area contributed by atoms with Crippen molar-refractivity contribution >= 4 is 17.5 Å². The summed E-state index contributed by atoms with van der Waals surface area (Å²) in [4.78, 5) is 22.9. The third kappa shape index (κ3) is 5.16. The Hall–Kier alpha value is -2.84. The summed E-state index contributed by atoms with van der Waals surface area (Å²) in [5.41, 5.74) is -0.227. The second kappa shape index (κ2) is 8.67. The molecule has 1 aromatic heterocycles. The Morgan fingerprint density at radius 1 is 1.00 bits per heavy atom. The van der Waals surface area contributed by atoms with Crippen LogP contribution in [-0.2, 0) is 0 Å². The topological polar surface area (TPSA) is 70.2 Å². The van der Waals surface area contributed by atoms with Crippen molar-refractivity contribution in [3.63, 3.8) is 0 Å². The minimum atomic E-state index is -1.58. The summed E-state index contributed by atoms with van der Waals surface area (Å²) in [5.74, 6) is -2.68. The summed E-state index contributed by atoms with van der Waals surface area (Å²) >= 11 is 0. The summed E-state index contributed by atoms with van der Waals surface area (Å²) in [6.45, 7) is 1.84. The number of aryl methyl sites for hydroxylation is 1. The predicted octanol–water partition coefficient (Wildman–Crippen LogP) is 3.42. The highest BCUT2D eigenvalue weighted by Gasteiger charge is 2.24. The maximum atomic E-state index is 13.3. The molecule has 1 aliphatic carbocycles. The largest absolute Gasteiger partial charge is 0.367 e. The molecule has 1 aromatic carbocycles. The molecule has 1 saturated carbocycles. The van der Waals surface area contributed by atoms with E-state index in [1.807, 2.05) is 32.0 Å². The number of benzene rings is 1. The Kier molecular flexibility index (Phi) is 6.24. The molecule has 0 bridgehead atoms. The molecule has 0 spiro atoms. The molecule has 0 atom stereocenters. The van der Waals surface area contributed by atoms with E-state index in [2.05, 4.69) is 20.6 Å². The monoisotopic (exact) mass is 407 g/mol. The Morgan fingerprint density at radius 3 is 2.17 bits per heavy atom. The van der Waals surface area contributed by atoms with E-state index < -0.39 is 23.4 Å². The Morgan fingerprint density at radius 2 is 1.59 bits per heavy atom. The highest BCUT2D eigenvalue weighted by molar-refractivity contribution is 5.94. The molecule has 0 radical (unpaired) electrons. The molecule has 2 N–H and O–H groups in total. The average Bonchev–Trinajstić information content (AvgIpc) is 2.66. The van der Waals surface area contributed by atoms with E-state index in [1.165, 1.54) is 0 Å². The lowest BCUT2D eigenvalue weighted by Gasteiger charge is -2.30. The van der Waals surface area contributed by atoms with Crippen molar-refractivity contribution in [3.8, 4) is 0 Å². The van der Waals surface area contributed by atoms with Crippen LogP contribution in [0.1, 0.15) is 41.9 Å². The first-order valence-electron chi connectivity index (χ1n) is 9.48. The molecule has 0 unspecified atom stereocenters. The maximum absolute atomic E-state index is 13.3. The fourth-order valence-corrected chi connectivity index (χ4v) is 3.40. The molecule has 2 aromatic rings. The van der Waals surface area contributed by atoms with Gasteiger partial charge in [-0.05, 0) is 44.7 Å². The normalized spacial score (nSPS) is 19.0. The van der Waals surface area contributed by atoms with Crippen LogP contribution in [0.2, 0.25) is 0 Å². The number of amides is 1. The number of aromatic nitrogens is 2. The van der Waals surface area contributed by atoms with Crippen molar-refractivity contribution in [3.05, 3.63) is 47.0 Å². The van der Waals surface area contributed by atoms with Gasteiger partial charge in [0.05, 0.1) is 0 Å². The van der Waals surface area contributed by atoms with Crippen LogP contribution in [0.25, 0.3) is 0 Å². The fourth-order valence-electron chi connectivity index (χ4n) is 3.40. The Labute approximate surface area is 167 Å². The van der Waals surface area contributed by atoms with Gasteiger partial charge in [-0.3, -0.25) is 4.79 Å². The van der Waals surface area contributed by atoms with Gasteiger partial charge in [-0.2, -0.15) is 0 Å². The summed E-state index contributed by atoms with van der Waals surface area (Å²) < 4.78 is 39.7. The molecule has 1 fully saturated rings. The summed E-state index contributed by atoms with van der Waals surface area (Å²) in [7, 11) is 3.83. The zero-order chi connectivity index (χ0) is 21.1. The smallest absolute Gasteiger partial charge is 0.251 e. The minimum Gasteiger partial charge on any atom is -0.367 e. The molecule has 0 aliphatic heterocycles. The van der Waals surface area contributed by atoms with Gasteiger partial charge in [0.25, 0.3) is 5.91 Å². The summed E-state index contributed by atoms with van der Waals surface area (Å²) in [5, 5.41) is 6.18. The molecule has 3 rings (SSSR count). The van der Waals surface area contributed by atoms with E-state index >= 15 is 0 Å². The quantitative estimate of drug-likeness (QED) is 0.744. The van der Waals surface area contributed by atoms with Crippen LogP contribution in [0, 0.1) is 24.4 Å². The van der Waals surface area contributed by atoms with Gasteiger partial charge in [-0.15, -0.1) is 0 Å². The first kappa shape index (κ1) is 20.9. The van der Waals surface area contributed by atoms with Crippen LogP contribution in [0.4, 0.5) is 24.8 Å². The van der Waals surface area contributed by atoms with Gasteiger partial charge in [-0.25, -0.2) is 23.1 Å². The molecule has 0 saturated heterocycles. The van der Waals surface area contributed by atoms with E-state index in [0.29, 0.717) is 30.8 Å². The lowest BCUT2D eigenvalue weighted by molar-refractivity contribution is 0.0925. The molecule has 6 nitrogen and oxygen atoms in total. The first-order valence-corrected chi connectivity index (χ1v) is 9.48. The van der Waals surface area contributed by atoms with Crippen molar-refractivity contribution in [2.24, 2.45) is 0 Å². The molecule has 1 amide bonds. The van der Waals surface area contributed by atoms with Crippen LogP contribution in [0.15, 0.2) is 18.2 Å². The zero-order valence-corrected chi connectivity index (χ0v) is 16.6. The molecule has 1 aliphatic rings. The van der Waals surface area contributed by atoms with Crippen LogP contribution in [0.5, 0.6) is 0 Å². The van der Waals surface area contributed by atoms with Crippen LogP contribution in [-0.4, -0.2) is 42.1 Å². The maximum Gasteiger partial charge on any atom is 0.251 e. The molecular weight excluding hydrogens is 383 g/mol. The van der Waals surface area contributed by atoms with Gasteiger partial charge in [-0.1, -0.05) is 0 Å². The lowest BCUT2D eigenvalue weighted by atomic mass is 9.91. The van der Waals surface area contributed by atoms with Gasteiger partial charge in [0.15, 0.2) is 17.5 Å². The number of anilines is 2. The lowest BCUT2D eigenvalue weighted by Crippen LogP contribution is -2.40. The van der Waals surface area contributed by atoms with Gasteiger partial charge in [0.2, 0.25) is 0 Å². The van der Waals surface area contributed by atoms with E-state index in [9.17, 15) is 18.0 Å². The minimum absolute atomic E-state index is 0.110. The number of hydrogen-bond donors (Lipinski definition) is 2. The first-order chi connectivity index (χ1) is 13.7. The third-order valence-electron chi connectivity index (χ3n) is 4.94. The summed E-state index contributed by atoms with van der Waals surface area (Å²) in [6.07, 6.45) is 3.02. The number of carbonyl (C=O) groups excluding carboxylic acids is 1. The molecule has 156 valence electrons. The number of rotatable bonds is 5. The van der Waals surface area contributed by atoms with Crippen LogP contribution in [0.3, 0.4) is 0 Å². The van der Waals surface area contributed by atoms with Gasteiger partial charge >= 0.3 is 0 Å². The molecular formula is C20H24F3N5O. The van der Waals surface area contributed by atoms with Crippen molar-refractivity contribution in [1.29, 1.82) is 0 Å². The highest BCUT2D eigenvalue weighted by atomic mass is 19.2. The number of halogens is 3. The van der Waals surface area contributed by atoms with Crippen molar-refractivity contribution in [2.75, 3.05) is 24.3 Å². The van der Waals surface area contributed by atoms with Crippen LogP contribution >= 0.6 is 0 Å². The van der Waals surface area contributed by atoms with E-state index in [4.69, 9.17) is 0 Å². The second-order valence-electron chi connectivity index (χ2n) is 7.47. The average molecular weight is 407 g/mol. The molecule has 1 heterocycles. The third-order valence-corrected chi connectivity index (χ3v) is 4.94. The van der Waals surface area contributed by atoms with E-state index in [0.717, 1.165) is 24.5 Å². The number of hydrogen-bond acceptors (Lipinski definition) is 5. The van der Waals surface area contributed by atoms with Crippen LogP contribution < -0.4 is 15.5 Å². The standard InChI is InChI=1S/C20H24F3N5O/c1-11-24-17(10-18(25-11)28(2)3)26-13-4-6-14(7-5-13)27-20(29)12-8-15(21)19(23)16(22)9-12/h8-10,13-14H,4-7H2,1-3H3,(H,27,29)(H,24,25,26)/t13-,14+. The zero-order valence-electron chi connectivity index (χ0n) is 16.6. The Bertz CT molecular complexity index is 875. The molecule has 29 heavy (non-hydrogen) atoms. The number of carbonyl (C=O) groups is 1. The number of nitrogens with one attached hydrogen (secondary N) is 2. The second-order valence-corrected chi connectivity index (χ2v) is 7.47. The SMILES string of the molecule is Cc1nc(N[C@H]2CC[C@@H](NC(=O)c3cc(F)c(F)c(F)c3)CC2)cc(N(C)C)n1. The van der Waals surface area contributed by atoms with Gasteiger partial charge in [0, 0.05) is 37.8 Å². The summed E-state index contributed by atoms with van der Waals surface area (Å²) in [6, 6.07) is 3.40. The number of nitrogens with zero attached hydrogens (tertiary/aromatic N) is 3. The van der Waals surface area contributed by atoms with Gasteiger partial charge < -0.3 is 15.5 Å². The highest BCUT2D eigenvalue weighted by Crippen LogP contribution is 2.23. The van der Waals surface area contributed by atoms with E-state index in [-0.39, 0.29) is 17.6 Å². The van der Waals surface area contributed by atoms with E-state index in [1.54, 1.807) is 0 Å². The van der Waals surface area contributed by atoms with Gasteiger partial charge in [0.1, 0.15) is 17.5 Å². The molecule has 9 heteroatoms.